The third-order valence-electron chi connectivity index (χ3n) is 2.94. The topological polar surface area (TPSA) is 56.2 Å². The van der Waals surface area contributed by atoms with Gasteiger partial charge in [-0.2, -0.15) is 0 Å². The van der Waals surface area contributed by atoms with Gasteiger partial charge < -0.3 is 14.6 Å². The summed E-state index contributed by atoms with van der Waals surface area (Å²) in [5.41, 5.74) is 0. The number of hydrogen-bond acceptors (Lipinski definition) is 5. The van der Waals surface area contributed by atoms with E-state index in [9.17, 15) is 4.79 Å². The average molecular weight is 307 g/mol. The average Bonchev–Trinajstić information content (AvgIpc) is 3.07. The van der Waals surface area contributed by atoms with Crippen LogP contribution in [-0.2, 0) is 16.1 Å². The lowest BCUT2D eigenvalue weighted by Crippen LogP contribution is -2.44. The van der Waals surface area contributed by atoms with Crippen molar-refractivity contribution in [3.63, 3.8) is 0 Å². The number of nitrogens with zero attached hydrogens (tertiary/aromatic N) is 2. The van der Waals surface area contributed by atoms with Crippen LogP contribution in [0, 0.1) is 0 Å². The molecule has 0 aliphatic rings. The summed E-state index contributed by atoms with van der Waals surface area (Å²) < 4.78 is 7.14. The molecule has 0 saturated heterocycles. The van der Waals surface area contributed by atoms with E-state index in [1.807, 2.05) is 49.0 Å². The van der Waals surface area contributed by atoms with Crippen molar-refractivity contribution in [1.82, 2.24) is 14.9 Å². The molecular formula is C15H21N3O2S. The van der Waals surface area contributed by atoms with E-state index in [4.69, 9.17) is 4.74 Å². The van der Waals surface area contributed by atoms with Crippen LogP contribution < -0.4 is 5.32 Å². The number of rotatable bonds is 7. The highest BCUT2D eigenvalue weighted by Crippen LogP contribution is 2.23. The van der Waals surface area contributed by atoms with Gasteiger partial charge in [0.2, 0.25) is 0 Å². The molecule has 0 amide bonds. The summed E-state index contributed by atoms with van der Waals surface area (Å²) in [6.45, 7) is 6.74. The van der Waals surface area contributed by atoms with E-state index in [0.29, 0.717) is 13.2 Å². The lowest BCUT2D eigenvalue weighted by Gasteiger charge is -2.21. The fourth-order valence-electron chi connectivity index (χ4n) is 2.12. The predicted octanol–water partition coefficient (Wildman–Crippen LogP) is 2.54. The Bertz CT molecular complexity index is 563. The van der Waals surface area contributed by atoms with Gasteiger partial charge in [-0.1, -0.05) is 19.9 Å². The molecule has 114 valence electrons. The molecule has 5 nitrogen and oxygen atoms in total. The number of ether oxygens (including phenoxy) is 1. The molecule has 21 heavy (non-hydrogen) atoms. The van der Waals surface area contributed by atoms with Crippen molar-refractivity contribution in [1.29, 1.82) is 0 Å². The SMILES string of the molecule is CCOC(=O)C(Cn1ccnc1-c1cccs1)NC(C)C. The third kappa shape index (κ3) is 4.15. The van der Waals surface area contributed by atoms with Crippen molar-refractivity contribution in [2.24, 2.45) is 0 Å². The standard InChI is InChI=1S/C15H21N3O2S/c1-4-20-15(19)12(17-11(2)3)10-18-8-7-16-14(18)13-6-5-9-21-13/h5-9,11-12,17H,4,10H2,1-3H3. The van der Waals surface area contributed by atoms with Gasteiger partial charge in [0.25, 0.3) is 0 Å². The van der Waals surface area contributed by atoms with Crippen LogP contribution >= 0.6 is 11.3 Å². The zero-order chi connectivity index (χ0) is 15.2. The number of aromatic nitrogens is 2. The quantitative estimate of drug-likeness (QED) is 0.799. The first-order chi connectivity index (χ1) is 10.1. The lowest BCUT2D eigenvalue weighted by atomic mass is 10.2. The molecule has 0 aliphatic heterocycles. The molecule has 0 spiro atoms. The molecule has 0 fully saturated rings. The second kappa shape index (κ2) is 7.38. The molecule has 0 saturated carbocycles. The Hall–Kier alpha value is -1.66. The maximum absolute atomic E-state index is 12.1. The molecule has 6 heteroatoms. The number of thiophene rings is 1. The predicted molar refractivity (Wildman–Crippen MR) is 84.2 cm³/mol. The second-order valence-corrected chi connectivity index (χ2v) is 5.95. The van der Waals surface area contributed by atoms with Gasteiger partial charge in [-0.15, -0.1) is 11.3 Å². The van der Waals surface area contributed by atoms with Crippen LogP contribution in [0.15, 0.2) is 29.9 Å². The Morgan fingerprint density at radius 2 is 2.33 bits per heavy atom. The van der Waals surface area contributed by atoms with Gasteiger partial charge in [0, 0.05) is 18.4 Å². The van der Waals surface area contributed by atoms with Crippen molar-refractivity contribution in [3.8, 4) is 10.7 Å². The van der Waals surface area contributed by atoms with E-state index >= 15 is 0 Å². The molecule has 0 aliphatic carbocycles. The zero-order valence-corrected chi connectivity index (χ0v) is 13.4. The summed E-state index contributed by atoms with van der Waals surface area (Å²) in [5, 5.41) is 5.27. The van der Waals surface area contributed by atoms with Gasteiger partial charge in [-0.3, -0.25) is 4.79 Å². The molecule has 0 bridgehead atoms. The fourth-order valence-corrected chi connectivity index (χ4v) is 2.86. The molecule has 2 rings (SSSR count). The van der Waals surface area contributed by atoms with Crippen molar-refractivity contribution >= 4 is 17.3 Å². The molecule has 1 N–H and O–H groups in total. The highest BCUT2D eigenvalue weighted by Gasteiger charge is 2.22. The summed E-state index contributed by atoms with van der Waals surface area (Å²) in [7, 11) is 0. The zero-order valence-electron chi connectivity index (χ0n) is 12.6. The van der Waals surface area contributed by atoms with Crippen molar-refractivity contribution < 1.29 is 9.53 Å². The number of esters is 1. The van der Waals surface area contributed by atoms with Crippen LogP contribution in [0.4, 0.5) is 0 Å². The van der Waals surface area contributed by atoms with Crippen molar-refractivity contribution in [2.45, 2.75) is 39.4 Å². The molecule has 0 aromatic carbocycles. The summed E-state index contributed by atoms with van der Waals surface area (Å²) in [5.74, 6) is 0.655. The van der Waals surface area contributed by atoms with Crippen LogP contribution in [0.25, 0.3) is 10.7 Å². The number of hydrogen-bond donors (Lipinski definition) is 1. The first kappa shape index (κ1) is 15.7. The van der Waals surface area contributed by atoms with Gasteiger partial charge in [0.1, 0.15) is 11.9 Å². The minimum atomic E-state index is -0.377. The minimum absolute atomic E-state index is 0.202. The van der Waals surface area contributed by atoms with Crippen LogP contribution in [0.3, 0.4) is 0 Å². The van der Waals surface area contributed by atoms with Crippen LogP contribution in [0.2, 0.25) is 0 Å². The Labute approximate surface area is 129 Å². The largest absolute Gasteiger partial charge is 0.465 e. The number of nitrogens with one attached hydrogen (secondary N) is 1. The Morgan fingerprint density at radius 3 is 2.95 bits per heavy atom. The fraction of sp³-hybridized carbons (Fsp3) is 0.467. The highest BCUT2D eigenvalue weighted by molar-refractivity contribution is 7.13. The highest BCUT2D eigenvalue weighted by atomic mass is 32.1. The van der Waals surface area contributed by atoms with Gasteiger partial charge >= 0.3 is 5.97 Å². The van der Waals surface area contributed by atoms with E-state index in [1.54, 1.807) is 17.5 Å². The number of carbonyl (C=O) groups excluding carboxylic acids is 1. The Kier molecular flexibility index (Phi) is 5.52. The van der Waals surface area contributed by atoms with Crippen LogP contribution in [0.5, 0.6) is 0 Å². The Balaban J connectivity index is 2.17. The minimum Gasteiger partial charge on any atom is -0.465 e. The van der Waals surface area contributed by atoms with E-state index < -0.39 is 0 Å². The first-order valence-electron chi connectivity index (χ1n) is 7.09. The van der Waals surface area contributed by atoms with Gasteiger partial charge in [-0.25, -0.2) is 4.98 Å². The molecular weight excluding hydrogens is 286 g/mol. The maximum atomic E-state index is 12.1. The smallest absolute Gasteiger partial charge is 0.324 e. The molecule has 1 unspecified atom stereocenters. The van der Waals surface area contributed by atoms with E-state index in [-0.39, 0.29) is 18.1 Å². The summed E-state index contributed by atoms with van der Waals surface area (Å²) in [4.78, 5) is 17.6. The van der Waals surface area contributed by atoms with E-state index in [0.717, 1.165) is 10.7 Å². The van der Waals surface area contributed by atoms with E-state index in [1.165, 1.54) is 0 Å². The van der Waals surface area contributed by atoms with Gasteiger partial charge in [0.05, 0.1) is 18.0 Å². The molecule has 2 aromatic rings. The van der Waals surface area contributed by atoms with Crippen molar-refractivity contribution in [3.05, 3.63) is 29.9 Å². The first-order valence-corrected chi connectivity index (χ1v) is 7.97. The van der Waals surface area contributed by atoms with E-state index in [2.05, 4.69) is 10.3 Å². The molecule has 0 radical (unpaired) electrons. The third-order valence-corrected chi connectivity index (χ3v) is 3.81. The molecule has 1 atom stereocenters. The maximum Gasteiger partial charge on any atom is 0.324 e. The molecule has 2 aromatic heterocycles. The van der Waals surface area contributed by atoms with Gasteiger partial charge in [0.15, 0.2) is 0 Å². The monoisotopic (exact) mass is 307 g/mol. The number of imidazole rings is 1. The lowest BCUT2D eigenvalue weighted by molar-refractivity contribution is -0.146. The number of carbonyl (C=O) groups is 1. The van der Waals surface area contributed by atoms with Crippen LogP contribution in [-0.4, -0.2) is 34.2 Å². The van der Waals surface area contributed by atoms with Gasteiger partial charge in [-0.05, 0) is 18.4 Å². The summed E-state index contributed by atoms with van der Waals surface area (Å²) in [6.07, 6.45) is 3.65. The normalized spacial score (nSPS) is 12.6. The Morgan fingerprint density at radius 1 is 1.52 bits per heavy atom. The van der Waals surface area contributed by atoms with Crippen LogP contribution in [0.1, 0.15) is 20.8 Å². The van der Waals surface area contributed by atoms with Crippen molar-refractivity contribution in [2.75, 3.05) is 6.61 Å². The molecule has 2 heterocycles. The summed E-state index contributed by atoms with van der Waals surface area (Å²) in [6, 6.07) is 3.85. The second-order valence-electron chi connectivity index (χ2n) is 5.01. The summed E-state index contributed by atoms with van der Waals surface area (Å²) >= 11 is 1.63.